The molecule has 2 fully saturated rings. The average molecular weight is 135 g/mol. The number of hydrogen-bond acceptors (Lipinski definition) is 0. The lowest BCUT2D eigenvalue weighted by Gasteiger charge is -2.35. The Morgan fingerprint density at radius 3 is 2.40 bits per heavy atom. The molecule has 0 spiro atoms. The van der Waals surface area contributed by atoms with E-state index in [4.69, 9.17) is 0 Å². The summed E-state index contributed by atoms with van der Waals surface area (Å²) < 4.78 is 0. The molecule has 2 aliphatic rings. The molecule has 2 bridgehead atoms. The minimum Gasteiger partial charge on any atom is -0.0998 e. The van der Waals surface area contributed by atoms with Crippen molar-refractivity contribution in [3.63, 3.8) is 0 Å². The zero-order valence-electron chi connectivity index (χ0n) is 6.47. The van der Waals surface area contributed by atoms with E-state index < -0.39 is 0 Å². The van der Waals surface area contributed by atoms with Crippen molar-refractivity contribution < 1.29 is 0 Å². The third-order valence-electron chi connectivity index (χ3n) is 2.82. The molecule has 0 nitrogen and oxygen atoms in total. The molecule has 2 atom stereocenters. The second kappa shape index (κ2) is 2.41. The van der Waals surface area contributed by atoms with Crippen LogP contribution in [0.4, 0.5) is 0 Å². The van der Waals surface area contributed by atoms with Crippen molar-refractivity contribution >= 4 is 0 Å². The Morgan fingerprint density at radius 1 is 1.20 bits per heavy atom. The largest absolute Gasteiger partial charge is 0.0998 e. The quantitative estimate of drug-likeness (QED) is 0.448. The highest BCUT2D eigenvalue weighted by molar-refractivity contribution is 5.05. The standard InChI is InChI=1S/C10H15/c1-8-5-9-3-2-4-10(6-8)7-9/h2,9-10H,1,3-7H2. The SMILES string of the molecule is C=C1CC2C[CH]CC(C1)C2. The summed E-state index contributed by atoms with van der Waals surface area (Å²) in [4.78, 5) is 0. The second-order valence-electron chi connectivity index (χ2n) is 3.89. The number of allylic oxidation sites excluding steroid dienone is 1. The summed E-state index contributed by atoms with van der Waals surface area (Å²) in [5.74, 6) is 1.94. The summed E-state index contributed by atoms with van der Waals surface area (Å²) >= 11 is 0. The fourth-order valence-electron chi connectivity index (χ4n) is 2.46. The molecule has 0 heteroatoms. The van der Waals surface area contributed by atoms with Gasteiger partial charge in [-0.2, -0.15) is 0 Å². The Kier molecular flexibility index (Phi) is 1.55. The average Bonchev–Trinajstić information content (AvgIpc) is 1.85. The first-order valence-corrected chi connectivity index (χ1v) is 4.33. The van der Waals surface area contributed by atoms with E-state index in [1.165, 1.54) is 37.7 Å². The first-order valence-electron chi connectivity index (χ1n) is 4.33. The van der Waals surface area contributed by atoms with Crippen LogP contribution in [0, 0.1) is 18.3 Å². The molecule has 2 saturated carbocycles. The molecule has 2 unspecified atom stereocenters. The zero-order chi connectivity index (χ0) is 6.97. The second-order valence-corrected chi connectivity index (χ2v) is 3.89. The van der Waals surface area contributed by atoms with Gasteiger partial charge in [0.1, 0.15) is 0 Å². The van der Waals surface area contributed by atoms with E-state index in [1.807, 2.05) is 0 Å². The maximum absolute atomic E-state index is 4.08. The van der Waals surface area contributed by atoms with Gasteiger partial charge < -0.3 is 0 Å². The minimum atomic E-state index is 0.972. The van der Waals surface area contributed by atoms with Gasteiger partial charge in [-0.05, 0) is 50.4 Å². The van der Waals surface area contributed by atoms with Gasteiger partial charge in [0.15, 0.2) is 0 Å². The van der Waals surface area contributed by atoms with E-state index in [-0.39, 0.29) is 0 Å². The van der Waals surface area contributed by atoms with Crippen LogP contribution in [0.1, 0.15) is 32.1 Å². The van der Waals surface area contributed by atoms with Gasteiger partial charge in [-0.1, -0.05) is 12.2 Å². The predicted molar refractivity (Wildman–Crippen MR) is 43.5 cm³/mol. The molecule has 0 heterocycles. The van der Waals surface area contributed by atoms with Crippen LogP contribution in [-0.4, -0.2) is 0 Å². The van der Waals surface area contributed by atoms with Crippen LogP contribution in [-0.2, 0) is 0 Å². The molecule has 55 valence electrons. The maximum Gasteiger partial charge on any atom is -0.0294 e. The van der Waals surface area contributed by atoms with Crippen LogP contribution in [0.3, 0.4) is 0 Å². The lowest BCUT2D eigenvalue weighted by Crippen LogP contribution is -2.21. The van der Waals surface area contributed by atoms with Crippen LogP contribution in [0.15, 0.2) is 12.2 Å². The first kappa shape index (κ1) is 6.45. The van der Waals surface area contributed by atoms with Crippen molar-refractivity contribution in [2.75, 3.05) is 0 Å². The van der Waals surface area contributed by atoms with Crippen molar-refractivity contribution in [1.82, 2.24) is 0 Å². The Morgan fingerprint density at radius 2 is 1.80 bits per heavy atom. The molecule has 0 N–H and O–H groups in total. The van der Waals surface area contributed by atoms with Crippen LogP contribution in [0.2, 0.25) is 0 Å². The van der Waals surface area contributed by atoms with Crippen molar-refractivity contribution in [3.05, 3.63) is 18.6 Å². The number of rotatable bonds is 0. The van der Waals surface area contributed by atoms with Gasteiger partial charge in [-0.3, -0.25) is 0 Å². The summed E-state index contributed by atoms with van der Waals surface area (Å²) in [6, 6.07) is 0. The van der Waals surface area contributed by atoms with Crippen molar-refractivity contribution in [3.8, 4) is 0 Å². The molecule has 0 aromatic heterocycles. The normalized spacial score (nSPS) is 39.8. The molecular formula is C10H15. The van der Waals surface area contributed by atoms with Gasteiger partial charge in [0, 0.05) is 0 Å². The lowest BCUT2D eigenvalue weighted by atomic mass is 9.71. The molecule has 0 aromatic rings. The Balaban J connectivity index is 2.05. The van der Waals surface area contributed by atoms with Crippen molar-refractivity contribution in [1.29, 1.82) is 0 Å². The van der Waals surface area contributed by atoms with Crippen molar-refractivity contribution in [2.24, 2.45) is 11.8 Å². The van der Waals surface area contributed by atoms with Gasteiger partial charge in [0.25, 0.3) is 0 Å². The molecule has 2 aliphatic carbocycles. The Labute approximate surface area is 63.3 Å². The highest BCUT2D eigenvalue weighted by atomic mass is 14.3. The fourth-order valence-corrected chi connectivity index (χ4v) is 2.46. The van der Waals surface area contributed by atoms with Crippen LogP contribution in [0.5, 0.6) is 0 Å². The van der Waals surface area contributed by atoms with E-state index in [9.17, 15) is 0 Å². The number of fused-ring (bicyclic) bond motifs is 2. The van der Waals surface area contributed by atoms with Crippen LogP contribution in [0.25, 0.3) is 0 Å². The maximum atomic E-state index is 4.08. The summed E-state index contributed by atoms with van der Waals surface area (Å²) in [5, 5.41) is 0. The van der Waals surface area contributed by atoms with Crippen LogP contribution < -0.4 is 0 Å². The summed E-state index contributed by atoms with van der Waals surface area (Å²) in [6.07, 6.45) is 9.30. The van der Waals surface area contributed by atoms with E-state index in [2.05, 4.69) is 13.0 Å². The molecule has 2 rings (SSSR count). The van der Waals surface area contributed by atoms with E-state index in [0.717, 1.165) is 11.8 Å². The summed E-state index contributed by atoms with van der Waals surface area (Å²) in [5.41, 5.74) is 1.51. The van der Waals surface area contributed by atoms with E-state index >= 15 is 0 Å². The third-order valence-corrected chi connectivity index (χ3v) is 2.82. The first-order chi connectivity index (χ1) is 4.84. The van der Waals surface area contributed by atoms with Gasteiger partial charge in [-0.25, -0.2) is 0 Å². The topological polar surface area (TPSA) is 0 Å². The third kappa shape index (κ3) is 1.12. The van der Waals surface area contributed by atoms with E-state index in [1.54, 1.807) is 0 Å². The smallest absolute Gasteiger partial charge is 0.0294 e. The zero-order valence-corrected chi connectivity index (χ0v) is 6.47. The molecule has 0 saturated heterocycles. The predicted octanol–water partition coefficient (Wildman–Crippen LogP) is 2.96. The Hall–Kier alpha value is -0.260. The van der Waals surface area contributed by atoms with Gasteiger partial charge in [0.2, 0.25) is 0 Å². The summed E-state index contributed by atoms with van der Waals surface area (Å²) in [7, 11) is 0. The molecular weight excluding hydrogens is 120 g/mol. The molecule has 0 amide bonds. The molecule has 0 aromatic carbocycles. The summed E-state index contributed by atoms with van der Waals surface area (Å²) in [6.45, 7) is 4.08. The highest BCUT2D eigenvalue weighted by Crippen LogP contribution is 2.40. The van der Waals surface area contributed by atoms with Crippen LogP contribution >= 0.6 is 0 Å². The molecule has 10 heavy (non-hydrogen) atoms. The highest BCUT2D eigenvalue weighted by Gasteiger charge is 2.27. The lowest BCUT2D eigenvalue weighted by molar-refractivity contribution is 0.270. The molecule has 0 aliphatic heterocycles. The van der Waals surface area contributed by atoms with Crippen molar-refractivity contribution in [2.45, 2.75) is 32.1 Å². The Bertz CT molecular complexity index is 132. The fraction of sp³-hybridized carbons (Fsp3) is 0.700. The molecule has 1 radical (unpaired) electrons. The van der Waals surface area contributed by atoms with E-state index in [0.29, 0.717) is 0 Å². The van der Waals surface area contributed by atoms with Gasteiger partial charge in [0.05, 0.1) is 0 Å². The van der Waals surface area contributed by atoms with Gasteiger partial charge >= 0.3 is 0 Å². The monoisotopic (exact) mass is 135 g/mol. The van der Waals surface area contributed by atoms with Gasteiger partial charge in [-0.15, -0.1) is 0 Å². The number of hydrogen-bond donors (Lipinski definition) is 0. The minimum absolute atomic E-state index is 0.972.